The van der Waals surface area contributed by atoms with Gasteiger partial charge in [0.1, 0.15) is 0 Å². The molecule has 0 unspecified atom stereocenters. The molecular formula is C15H22N2O. The van der Waals surface area contributed by atoms with Crippen LogP contribution in [0.15, 0.2) is 24.3 Å². The van der Waals surface area contributed by atoms with Crippen LogP contribution in [-0.2, 0) is 4.79 Å². The van der Waals surface area contributed by atoms with Gasteiger partial charge < -0.3 is 10.6 Å². The van der Waals surface area contributed by atoms with E-state index in [-0.39, 0.29) is 17.9 Å². The van der Waals surface area contributed by atoms with E-state index in [0.29, 0.717) is 6.04 Å². The van der Waals surface area contributed by atoms with Crippen LogP contribution in [0.2, 0.25) is 0 Å². The van der Waals surface area contributed by atoms with Gasteiger partial charge in [-0.1, -0.05) is 25.1 Å². The topological polar surface area (TPSA) is 41.1 Å². The molecule has 0 saturated heterocycles. The first-order chi connectivity index (χ1) is 8.61. The van der Waals surface area contributed by atoms with Crippen LogP contribution >= 0.6 is 0 Å². The van der Waals surface area contributed by atoms with Gasteiger partial charge in [-0.25, -0.2) is 0 Å². The lowest BCUT2D eigenvalue weighted by Crippen LogP contribution is -2.39. The molecule has 1 aromatic rings. The molecule has 1 amide bonds. The number of carbonyl (C=O) groups is 1. The Morgan fingerprint density at radius 1 is 1.50 bits per heavy atom. The zero-order valence-corrected chi connectivity index (χ0v) is 11.4. The van der Waals surface area contributed by atoms with Crippen molar-refractivity contribution in [1.82, 2.24) is 5.32 Å². The number of hydrogen-bond acceptors (Lipinski definition) is 2. The first-order valence-electron chi connectivity index (χ1n) is 6.77. The molecule has 1 aliphatic heterocycles. The van der Waals surface area contributed by atoms with Gasteiger partial charge in [-0.2, -0.15) is 0 Å². The zero-order valence-electron chi connectivity index (χ0n) is 11.4. The van der Waals surface area contributed by atoms with E-state index in [1.807, 2.05) is 19.1 Å². The third-order valence-electron chi connectivity index (χ3n) is 3.64. The second kappa shape index (κ2) is 5.42. The number of benzene rings is 1. The molecule has 0 spiro atoms. The van der Waals surface area contributed by atoms with Crippen molar-refractivity contribution in [2.24, 2.45) is 0 Å². The number of rotatable bonds is 3. The molecule has 0 radical (unpaired) electrons. The van der Waals surface area contributed by atoms with Crippen molar-refractivity contribution in [3.8, 4) is 0 Å². The summed E-state index contributed by atoms with van der Waals surface area (Å²) >= 11 is 0. The zero-order chi connectivity index (χ0) is 13.1. The molecule has 0 saturated carbocycles. The van der Waals surface area contributed by atoms with E-state index in [9.17, 15) is 4.79 Å². The molecule has 1 heterocycles. The van der Waals surface area contributed by atoms with Crippen molar-refractivity contribution in [3.05, 3.63) is 29.8 Å². The SMILES string of the molecule is CC[C@@H](C)NC(=O)[C@@H]1C[C@@H](C)Nc2ccccc21. The van der Waals surface area contributed by atoms with Gasteiger partial charge in [0.2, 0.25) is 5.91 Å². The number of anilines is 1. The Labute approximate surface area is 109 Å². The average molecular weight is 246 g/mol. The number of amides is 1. The first kappa shape index (κ1) is 12.9. The fourth-order valence-electron chi connectivity index (χ4n) is 2.43. The minimum atomic E-state index is -0.0218. The fourth-order valence-corrected chi connectivity index (χ4v) is 2.43. The van der Waals surface area contributed by atoms with Crippen LogP contribution in [0.1, 0.15) is 45.1 Å². The second-order valence-corrected chi connectivity index (χ2v) is 5.24. The Kier molecular flexibility index (Phi) is 3.90. The Bertz CT molecular complexity index is 430. The molecule has 2 rings (SSSR count). The van der Waals surface area contributed by atoms with Crippen LogP contribution in [0.25, 0.3) is 0 Å². The van der Waals surface area contributed by atoms with Gasteiger partial charge in [0.05, 0.1) is 5.92 Å². The third-order valence-corrected chi connectivity index (χ3v) is 3.64. The van der Waals surface area contributed by atoms with E-state index in [0.717, 1.165) is 24.1 Å². The van der Waals surface area contributed by atoms with Gasteiger partial charge in [0.15, 0.2) is 0 Å². The molecule has 1 aromatic carbocycles. The lowest BCUT2D eigenvalue weighted by Gasteiger charge is -2.31. The number of para-hydroxylation sites is 1. The Morgan fingerprint density at radius 2 is 2.22 bits per heavy atom. The van der Waals surface area contributed by atoms with Crippen LogP contribution in [0.5, 0.6) is 0 Å². The highest BCUT2D eigenvalue weighted by atomic mass is 16.1. The first-order valence-corrected chi connectivity index (χ1v) is 6.77. The second-order valence-electron chi connectivity index (χ2n) is 5.24. The monoisotopic (exact) mass is 246 g/mol. The number of fused-ring (bicyclic) bond motifs is 1. The largest absolute Gasteiger partial charge is 0.382 e. The smallest absolute Gasteiger partial charge is 0.227 e. The van der Waals surface area contributed by atoms with Crippen LogP contribution < -0.4 is 10.6 Å². The summed E-state index contributed by atoms with van der Waals surface area (Å²) in [7, 11) is 0. The quantitative estimate of drug-likeness (QED) is 0.861. The molecule has 3 nitrogen and oxygen atoms in total. The molecule has 1 aliphatic rings. The predicted octanol–water partition coefficient (Wildman–Crippen LogP) is 2.89. The fraction of sp³-hybridized carbons (Fsp3) is 0.533. The van der Waals surface area contributed by atoms with E-state index in [2.05, 4.69) is 36.6 Å². The van der Waals surface area contributed by atoms with Crippen LogP contribution in [0.3, 0.4) is 0 Å². The van der Waals surface area contributed by atoms with Gasteiger partial charge in [-0.15, -0.1) is 0 Å². The number of hydrogen-bond donors (Lipinski definition) is 2. The normalized spacial score (nSPS) is 23.7. The summed E-state index contributed by atoms with van der Waals surface area (Å²) in [6.45, 7) is 6.26. The van der Waals surface area contributed by atoms with Crippen molar-refractivity contribution in [1.29, 1.82) is 0 Å². The van der Waals surface area contributed by atoms with Crippen LogP contribution in [0, 0.1) is 0 Å². The molecule has 0 fully saturated rings. The van der Waals surface area contributed by atoms with E-state index in [1.54, 1.807) is 0 Å². The van der Waals surface area contributed by atoms with E-state index >= 15 is 0 Å². The maximum atomic E-state index is 12.3. The third kappa shape index (κ3) is 2.66. The molecule has 0 aliphatic carbocycles. The summed E-state index contributed by atoms with van der Waals surface area (Å²) in [5.41, 5.74) is 2.22. The highest BCUT2D eigenvalue weighted by molar-refractivity contribution is 5.86. The molecule has 0 bridgehead atoms. The summed E-state index contributed by atoms with van der Waals surface area (Å²) in [6, 6.07) is 8.69. The summed E-state index contributed by atoms with van der Waals surface area (Å²) in [5, 5.41) is 6.53. The molecule has 3 atom stereocenters. The highest BCUT2D eigenvalue weighted by Gasteiger charge is 2.29. The molecule has 0 aromatic heterocycles. The van der Waals surface area contributed by atoms with E-state index in [4.69, 9.17) is 0 Å². The van der Waals surface area contributed by atoms with Crippen LogP contribution in [0.4, 0.5) is 5.69 Å². The summed E-state index contributed by atoms with van der Waals surface area (Å²) in [6.07, 6.45) is 1.83. The minimum Gasteiger partial charge on any atom is -0.382 e. The lowest BCUT2D eigenvalue weighted by atomic mass is 9.86. The molecule has 98 valence electrons. The molecule has 18 heavy (non-hydrogen) atoms. The molecule has 2 N–H and O–H groups in total. The Hall–Kier alpha value is -1.51. The van der Waals surface area contributed by atoms with Crippen molar-refractivity contribution in [2.45, 2.75) is 51.6 Å². The molecule has 3 heteroatoms. The summed E-state index contributed by atoms with van der Waals surface area (Å²) in [4.78, 5) is 12.3. The predicted molar refractivity (Wildman–Crippen MR) is 74.8 cm³/mol. The van der Waals surface area contributed by atoms with Crippen LogP contribution in [-0.4, -0.2) is 18.0 Å². The van der Waals surface area contributed by atoms with Gasteiger partial charge >= 0.3 is 0 Å². The Morgan fingerprint density at radius 3 is 2.94 bits per heavy atom. The highest BCUT2D eigenvalue weighted by Crippen LogP contribution is 2.34. The van der Waals surface area contributed by atoms with Crippen molar-refractivity contribution in [2.75, 3.05) is 5.32 Å². The summed E-state index contributed by atoms with van der Waals surface area (Å²) < 4.78 is 0. The van der Waals surface area contributed by atoms with Gasteiger partial charge in [0.25, 0.3) is 0 Å². The summed E-state index contributed by atoms with van der Waals surface area (Å²) in [5.74, 6) is 0.136. The number of carbonyl (C=O) groups excluding carboxylic acids is 1. The number of nitrogens with one attached hydrogen (secondary N) is 2. The van der Waals surface area contributed by atoms with Gasteiger partial charge in [0, 0.05) is 17.8 Å². The van der Waals surface area contributed by atoms with Crippen molar-refractivity contribution >= 4 is 11.6 Å². The van der Waals surface area contributed by atoms with Gasteiger partial charge in [-0.3, -0.25) is 4.79 Å². The van der Waals surface area contributed by atoms with Crippen molar-refractivity contribution in [3.63, 3.8) is 0 Å². The maximum Gasteiger partial charge on any atom is 0.227 e. The van der Waals surface area contributed by atoms with E-state index < -0.39 is 0 Å². The Balaban J connectivity index is 2.20. The lowest BCUT2D eigenvalue weighted by molar-refractivity contribution is -0.123. The standard InChI is InChI=1S/C15H22N2O/c1-4-10(2)17-15(18)13-9-11(3)16-14-8-6-5-7-12(13)14/h5-8,10-11,13,16H,4,9H2,1-3H3,(H,17,18)/t10-,11-,13-/m1/s1. The molecular weight excluding hydrogens is 224 g/mol. The van der Waals surface area contributed by atoms with E-state index in [1.165, 1.54) is 0 Å². The maximum absolute atomic E-state index is 12.3. The van der Waals surface area contributed by atoms with Crippen molar-refractivity contribution < 1.29 is 4.79 Å². The average Bonchev–Trinajstić information content (AvgIpc) is 2.37. The minimum absolute atomic E-state index is 0.0218. The van der Waals surface area contributed by atoms with Gasteiger partial charge in [-0.05, 0) is 38.3 Å².